The first kappa shape index (κ1) is 18.2. The van der Waals surface area contributed by atoms with E-state index in [-0.39, 0.29) is 0 Å². The van der Waals surface area contributed by atoms with E-state index in [1.807, 2.05) is 0 Å². The van der Waals surface area contributed by atoms with Gasteiger partial charge in [0.2, 0.25) is 9.12 Å². The Labute approximate surface area is 117 Å². The van der Waals surface area contributed by atoms with Crippen molar-refractivity contribution in [1.82, 2.24) is 22.8 Å². The van der Waals surface area contributed by atoms with Gasteiger partial charge < -0.3 is 22.8 Å². The minimum atomic E-state index is -1.75. The topological polar surface area (TPSA) is 16.2 Å². The maximum absolute atomic E-state index is 2.45. The number of hydrogen-bond donors (Lipinski definition) is 0. The molecule has 0 saturated heterocycles. The first-order chi connectivity index (χ1) is 8.07. The van der Waals surface area contributed by atoms with Crippen LogP contribution in [0.1, 0.15) is 0 Å². The molecule has 0 atom stereocenters. The highest BCUT2D eigenvalue weighted by atomic mass is 28.4. The van der Waals surface area contributed by atoms with Gasteiger partial charge in [0.15, 0.2) is 0 Å². The maximum atomic E-state index is 2.45. The molecule has 0 N–H and O–H groups in total. The summed E-state index contributed by atoms with van der Waals surface area (Å²) in [5.41, 5.74) is 1.25. The minimum Gasteiger partial charge on any atom is -0.317 e. The maximum Gasteiger partial charge on any atom is 0.287 e. The highest BCUT2D eigenvalue weighted by Crippen LogP contribution is 2.21. The molecule has 0 aromatic heterocycles. The molecule has 0 heterocycles. The van der Waals surface area contributed by atoms with E-state index < -0.39 is 17.7 Å². The molecule has 0 aromatic rings. The number of hydrogen-bond acceptors (Lipinski definition) is 5. The van der Waals surface area contributed by atoms with Crippen LogP contribution < -0.4 is 0 Å². The lowest BCUT2D eigenvalue weighted by Crippen LogP contribution is -2.73. The van der Waals surface area contributed by atoms with Crippen LogP contribution >= 0.6 is 0 Å². The van der Waals surface area contributed by atoms with Crippen molar-refractivity contribution in [1.29, 1.82) is 0 Å². The summed E-state index contributed by atoms with van der Waals surface area (Å²) >= 11 is 0. The van der Waals surface area contributed by atoms with E-state index in [0.29, 0.717) is 0 Å². The molecule has 7 heteroatoms. The fourth-order valence-electron chi connectivity index (χ4n) is 2.60. The number of rotatable bonds is 7. The van der Waals surface area contributed by atoms with E-state index in [2.05, 4.69) is 93.3 Å². The van der Waals surface area contributed by atoms with Gasteiger partial charge in [0.1, 0.15) is 0 Å². The molecule has 1 radical (unpaired) electrons. The first-order valence-corrected chi connectivity index (χ1v) is 9.95. The lowest BCUT2D eigenvalue weighted by atomic mass is 11.2. The number of nitrogens with zero attached hydrogens (tertiary/aromatic N) is 5. The van der Waals surface area contributed by atoms with Crippen LogP contribution in [0.2, 0.25) is 5.67 Å². The Morgan fingerprint density at radius 1 is 0.611 bits per heavy atom. The lowest BCUT2D eigenvalue weighted by Gasteiger charge is -2.49. The monoisotopic (exact) mass is 290 g/mol. The smallest absolute Gasteiger partial charge is 0.287 e. The summed E-state index contributed by atoms with van der Waals surface area (Å²) in [4.78, 5) is 0. The van der Waals surface area contributed by atoms with Crippen molar-refractivity contribution in [3.05, 3.63) is 0 Å². The van der Waals surface area contributed by atoms with Crippen molar-refractivity contribution in [2.75, 3.05) is 70.5 Å². The first-order valence-electron chi connectivity index (χ1n) is 6.30. The Morgan fingerprint density at radius 2 is 0.889 bits per heavy atom. The molecule has 0 saturated carbocycles. The summed E-state index contributed by atoms with van der Waals surface area (Å²) in [5, 5.41) is 0. The van der Waals surface area contributed by atoms with Crippen LogP contribution in [0.3, 0.4) is 0 Å². The highest BCUT2D eigenvalue weighted by molar-refractivity contribution is 6.82. The molecule has 109 valence electrons. The molecule has 5 nitrogen and oxygen atoms in total. The Hall–Kier alpha value is 0.234. The average Bonchev–Trinajstić information content (AvgIpc) is 2.15. The minimum absolute atomic E-state index is 0.665. The molecule has 0 spiro atoms. The van der Waals surface area contributed by atoms with Gasteiger partial charge in [0.05, 0.1) is 0 Å². The van der Waals surface area contributed by atoms with E-state index in [0.717, 1.165) is 0 Å². The Kier molecular flexibility index (Phi) is 7.23. The van der Waals surface area contributed by atoms with Gasteiger partial charge in [-0.15, -0.1) is 0 Å². The molecule has 0 amide bonds. The van der Waals surface area contributed by atoms with Crippen LogP contribution in [0.5, 0.6) is 0 Å². The summed E-state index contributed by atoms with van der Waals surface area (Å²) in [6.07, 6.45) is 0. The predicted molar refractivity (Wildman–Crippen MR) is 84.8 cm³/mol. The molecule has 0 aliphatic rings. The Morgan fingerprint density at radius 3 is 1.06 bits per heavy atom. The van der Waals surface area contributed by atoms with Crippen LogP contribution in [0.15, 0.2) is 0 Å². The molecular formula is C11H32N5Si2. The van der Waals surface area contributed by atoms with Gasteiger partial charge in [-0.25, -0.2) is 0 Å². The standard InChI is InChI=1S/C11H32N5Si2/c1-12(2)17(13(3)4)11-18(14(5)6,15(7)8)16(9)10/h11H2,1-10H3. The van der Waals surface area contributed by atoms with E-state index in [4.69, 9.17) is 0 Å². The predicted octanol–water partition coefficient (Wildman–Crippen LogP) is -0.239. The Bertz CT molecular complexity index is 214. The van der Waals surface area contributed by atoms with Gasteiger partial charge in [-0.1, -0.05) is 0 Å². The molecule has 0 aliphatic heterocycles. The summed E-state index contributed by atoms with van der Waals surface area (Å²) < 4.78 is 12.2. The van der Waals surface area contributed by atoms with Crippen molar-refractivity contribution in [3.8, 4) is 0 Å². The highest BCUT2D eigenvalue weighted by Gasteiger charge is 2.46. The molecule has 18 heavy (non-hydrogen) atoms. The van der Waals surface area contributed by atoms with Crippen molar-refractivity contribution >= 4 is 17.7 Å². The fourth-order valence-corrected chi connectivity index (χ4v) is 13.8. The Balaban J connectivity index is 5.33. The van der Waals surface area contributed by atoms with Crippen LogP contribution in [0, 0.1) is 0 Å². The summed E-state index contributed by atoms with van der Waals surface area (Å²) in [6.45, 7) is 0. The molecule has 0 aliphatic carbocycles. The van der Waals surface area contributed by atoms with E-state index in [1.54, 1.807) is 0 Å². The van der Waals surface area contributed by atoms with Gasteiger partial charge in [0, 0.05) is 5.67 Å². The molecule has 0 unspecified atom stereocenters. The fraction of sp³-hybridized carbons (Fsp3) is 1.00. The van der Waals surface area contributed by atoms with Gasteiger partial charge in [-0.2, -0.15) is 0 Å². The second-order valence-corrected chi connectivity index (χ2v) is 14.1. The van der Waals surface area contributed by atoms with Crippen molar-refractivity contribution < 1.29 is 0 Å². The molecule has 0 aromatic carbocycles. The third kappa shape index (κ3) is 3.86. The van der Waals surface area contributed by atoms with Crippen LogP contribution in [0.4, 0.5) is 0 Å². The third-order valence-corrected chi connectivity index (χ3v) is 13.1. The van der Waals surface area contributed by atoms with Gasteiger partial charge >= 0.3 is 0 Å². The van der Waals surface area contributed by atoms with Gasteiger partial charge in [0.25, 0.3) is 8.56 Å². The summed E-state index contributed by atoms with van der Waals surface area (Å²) in [6, 6.07) is 0. The van der Waals surface area contributed by atoms with Crippen LogP contribution in [0.25, 0.3) is 0 Å². The third-order valence-electron chi connectivity index (χ3n) is 3.58. The van der Waals surface area contributed by atoms with Crippen LogP contribution in [-0.4, -0.2) is 111 Å². The largest absolute Gasteiger partial charge is 0.317 e. The molecular weight excluding hydrogens is 258 g/mol. The quantitative estimate of drug-likeness (QED) is 0.600. The second-order valence-electron chi connectivity index (χ2n) is 5.84. The summed E-state index contributed by atoms with van der Waals surface area (Å²) in [7, 11) is 19.7. The average molecular weight is 291 g/mol. The van der Waals surface area contributed by atoms with Gasteiger partial charge in [-0.3, -0.25) is 0 Å². The SMILES string of the molecule is CN(C)[Si](C[Si](N(C)C)(N(C)C)N(C)C)N(C)C. The molecule has 0 rings (SSSR count). The zero-order valence-electron chi connectivity index (χ0n) is 13.9. The summed E-state index contributed by atoms with van der Waals surface area (Å²) in [5.74, 6) is 0. The zero-order chi connectivity index (χ0) is 14.7. The van der Waals surface area contributed by atoms with E-state index in [9.17, 15) is 0 Å². The van der Waals surface area contributed by atoms with Gasteiger partial charge in [-0.05, 0) is 70.5 Å². The molecule has 0 bridgehead atoms. The van der Waals surface area contributed by atoms with Crippen molar-refractivity contribution in [3.63, 3.8) is 0 Å². The van der Waals surface area contributed by atoms with Crippen LogP contribution in [-0.2, 0) is 0 Å². The lowest BCUT2D eigenvalue weighted by molar-refractivity contribution is 0.378. The van der Waals surface area contributed by atoms with E-state index >= 15 is 0 Å². The normalized spacial score (nSPS) is 14.0. The van der Waals surface area contributed by atoms with Crippen molar-refractivity contribution in [2.24, 2.45) is 0 Å². The van der Waals surface area contributed by atoms with E-state index in [1.165, 1.54) is 5.67 Å². The molecule has 0 fully saturated rings. The zero-order valence-corrected chi connectivity index (χ0v) is 15.9. The van der Waals surface area contributed by atoms with Crippen molar-refractivity contribution in [2.45, 2.75) is 5.67 Å². The second kappa shape index (κ2) is 7.13.